The molecular weight excluding hydrogens is 266 g/mol. The summed E-state index contributed by atoms with van der Waals surface area (Å²) in [6.07, 6.45) is 0. The fourth-order valence-electron chi connectivity index (χ4n) is 1.52. The van der Waals surface area contributed by atoms with E-state index in [1.54, 1.807) is 0 Å². The summed E-state index contributed by atoms with van der Waals surface area (Å²) in [4.78, 5) is 11.9. The minimum absolute atomic E-state index is 0.0165. The summed E-state index contributed by atoms with van der Waals surface area (Å²) in [7, 11) is 1.49. The third kappa shape index (κ3) is 3.57. The van der Waals surface area contributed by atoms with E-state index in [0.29, 0.717) is 12.4 Å². The summed E-state index contributed by atoms with van der Waals surface area (Å²) in [6.45, 7) is 6.20. The van der Waals surface area contributed by atoms with Crippen LogP contribution in [0.15, 0.2) is 4.79 Å². The van der Waals surface area contributed by atoms with Crippen LogP contribution in [-0.4, -0.2) is 28.5 Å². The molecule has 0 atom stereocenters. The smallest absolute Gasteiger partial charge is 0.279 e. The summed E-state index contributed by atoms with van der Waals surface area (Å²) >= 11 is 0. The molecule has 8 heteroatoms. The first-order chi connectivity index (χ1) is 7.76. The van der Waals surface area contributed by atoms with E-state index in [4.69, 9.17) is 10.7 Å². The predicted molar refractivity (Wildman–Crippen MR) is 65.9 cm³/mol. The van der Waals surface area contributed by atoms with Crippen molar-refractivity contribution in [2.75, 3.05) is 5.75 Å². The Bertz CT molecular complexity index is 544. The van der Waals surface area contributed by atoms with E-state index in [2.05, 4.69) is 5.10 Å². The van der Waals surface area contributed by atoms with Crippen molar-refractivity contribution in [2.45, 2.75) is 39.8 Å². The summed E-state index contributed by atoms with van der Waals surface area (Å²) in [5.41, 5.74) is -0.295. The van der Waals surface area contributed by atoms with Crippen LogP contribution >= 0.6 is 10.7 Å². The molecule has 0 amide bonds. The van der Waals surface area contributed by atoms with Crippen LogP contribution in [0.4, 0.5) is 0 Å². The monoisotopic (exact) mass is 281 g/mol. The third-order valence-electron chi connectivity index (χ3n) is 2.33. The third-order valence-corrected chi connectivity index (χ3v) is 3.46. The molecule has 0 aromatic carbocycles. The molecule has 98 valence electrons. The zero-order chi connectivity index (χ0) is 13.2. The Hall–Kier alpha value is -0.820. The molecule has 0 spiro atoms. The Kier molecular flexibility index (Phi) is 4.37. The van der Waals surface area contributed by atoms with Crippen LogP contribution in [0.2, 0.25) is 0 Å². The Balaban J connectivity index is 3.07. The molecule has 0 fully saturated rings. The van der Waals surface area contributed by atoms with Crippen molar-refractivity contribution in [1.29, 1.82) is 0 Å². The number of rotatable bonds is 5. The SMILES string of the molecule is CCn1c(C(C)C)nn(CCS(=O)(=O)Cl)c1=O. The van der Waals surface area contributed by atoms with Gasteiger partial charge in [0.25, 0.3) is 0 Å². The lowest BCUT2D eigenvalue weighted by Gasteiger charge is -2.03. The lowest BCUT2D eigenvalue weighted by atomic mass is 10.2. The predicted octanol–water partition coefficient (Wildman–Crippen LogP) is 0.757. The van der Waals surface area contributed by atoms with Gasteiger partial charge < -0.3 is 0 Å². The second-order valence-corrected chi connectivity index (χ2v) is 6.90. The van der Waals surface area contributed by atoms with Crippen molar-refractivity contribution in [3.05, 3.63) is 16.3 Å². The van der Waals surface area contributed by atoms with Crippen LogP contribution in [0.3, 0.4) is 0 Å². The number of hydrogen-bond donors (Lipinski definition) is 0. The fourth-order valence-corrected chi connectivity index (χ4v) is 2.12. The first kappa shape index (κ1) is 14.2. The molecule has 0 saturated carbocycles. The minimum Gasteiger partial charge on any atom is -0.279 e. The second-order valence-electron chi connectivity index (χ2n) is 4.01. The molecule has 1 aromatic rings. The highest BCUT2D eigenvalue weighted by Crippen LogP contribution is 2.09. The maximum absolute atomic E-state index is 11.9. The first-order valence-electron chi connectivity index (χ1n) is 5.36. The molecule has 6 nitrogen and oxygen atoms in total. The van der Waals surface area contributed by atoms with Crippen molar-refractivity contribution in [1.82, 2.24) is 14.3 Å². The van der Waals surface area contributed by atoms with Gasteiger partial charge in [-0.25, -0.2) is 17.9 Å². The topological polar surface area (TPSA) is 74.0 Å². The minimum atomic E-state index is -3.61. The van der Waals surface area contributed by atoms with E-state index in [-0.39, 0.29) is 23.9 Å². The molecule has 17 heavy (non-hydrogen) atoms. The molecule has 0 radical (unpaired) electrons. The average molecular weight is 282 g/mol. The molecular formula is C9H16ClN3O3S. The molecule has 0 aliphatic carbocycles. The van der Waals surface area contributed by atoms with Gasteiger partial charge in [0.15, 0.2) is 0 Å². The van der Waals surface area contributed by atoms with Crippen LogP contribution in [0.5, 0.6) is 0 Å². The van der Waals surface area contributed by atoms with Crippen molar-refractivity contribution in [2.24, 2.45) is 0 Å². The zero-order valence-electron chi connectivity index (χ0n) is 10.1. The molecule has 0 saturated heterocycles. The van der Waals surface area contributed by atoms with E-state index in [1.165, 1.54) is 4.57 Å². The van der Waals surface area contributed by atoms with Gasteiger partial charge in [0.1, 0.15) is 5.82 Å². The Morgan fingerprint density at radius 2 is 2.00 bits per heavy atom. The van der Waals surface area contributed by atoms with Gasteiger partial charge in [-0.15, -0.1) is 0 Å². The van der Waals surface area contributed by atoms with Gasteiger partial charge in [0, 0.05) is 23.1 Å². The Morgan fingerprint density at radius 3 is 2.35 bits per heavy atom. The molecule has 1 aromatic heterocycles. The number of aryl methyl sites for hydroxylation is 1. The van der Waals surface area contributed by atoms with Gasteiger partial charge in [-0.3, -0.25) is 4.57 Å². The van der Waals surface area contributed by atoms with Crippen LogP contribution in [0.25, 0.3) is 0 Å². The van der Waals surface area contributed by atoms with Crippen LogP contribution in [0.1, 0.15) is 32.5 Å². The van der Waals surface area contributed by atoms with Gasteiger partial charge in [0.2, 0.25) is 9.05 Å². The van der Waals surface area contributed by atoms with E-state index in [0.717, 1.165) is 4.68 Å². The van der Waals surface area contributed by atoms with Crippen LogP contribution in [-0.2, 0) is 22.1 Å². The van der Waals surface area contributed by atoms with Crippen LogP contribution in [0, 0.1) is 0 Å². The molecule has 0 aliphatic rings. The largest absolute Gasteiger partial charge is 0.345 e. The van der Waals surface area contributed by atoms with Gasteiger partial charge in [0.05, 0.1) is 12.3 Å². The molecule has 0 bridgehead atoms. The van der Waals surface area contributed by atoms with Crippen molar-refractivity contribution >= 4 is 19.7 Å². The van der Waals surface area contributed by atoms with Gasteiger partial charge >= 0.3 is 5.69 Å². The van der Waals surface area contributed by atoms with Crippen LogP contribution < -0.4 is 5.69 Å². The molecule has 0 aliphatic heterocycles. The summed E-state index contributed by atoms with van der Waals surface area (Å²) in [5.74, 6) is 0.466. The first-order valence-corrected chi connectivity index (χ1v) is 7.84. The van der Waals surface area contributed by atoms with Crippen molar-refractivity contribution in [3.8, 4) is 0 Å². The highest BCUT2D eigenvalue weighted by Gasteiger charge is 2.16. The molecule has 1 heterocycles. The standard InChI is InChI=1S/C9H16ClN3O3S/c1-4-12-8(7(2)3)11-13(9(12)14)5-6-17(10,15)16/h7H,4-6H2,1-3H3. The maximum atomic E-state index is 11.9. The van der Waals surface area contributed by atoms with Crippen molar-refractivity contribution < 1.29 is 8.42 Å². The second kappa shape index (κ2) is 5.22. The average Bonchev–Trinajstić information content (AvgIpc) is 2.51. The van der Waals surface area contributed by atoms with E-state index >= 15 is 0 Å². The number of nitrogens with zero attached hydrogens (tertiary/aromatic N) is 3. The van der Waals surface area contributed by atoms with Gasteiger partial charge in [-0.2, -0.15) is 5.10 Å². The Morgan fingerprint density at radius 1 is 1.41 bits per heavy atom. The van der Waals surface area contributed by atoms with Gasteiger partial charge in [-0.1, -0.05) is 13.8 Å². The van der Waals surface area contributed by atoms with E-state index in [9.17, 15) is 13.2 Å². The van der Waals surface area contributed by atoms with Crippen molar-refractivity contribution in [3.63, 3.8) is 0 Å². The molecule has 0 N–H and O–H groups in total. The number of halogens is 1. The maximum Gasteiger partial charge on any atom is 0.345 e. The lowest BCUT2D eigenvalue weighted by Crippen LogP contribution is -2.27. The highest BCUT2D eigenvalue weighted by molar-refractivity contribution is 8.13. The Labute approximate surface area is 105 Å². The fraction of sp³-hybridized carbons (Fsp3) is 0.778. The number of hydrogen-bond acceptors (Lipinski definition) is 4. The summed E-state index contributed by atoms with van der Waals surface area (Å²) in [5, 5.41) is 4.13. The van der Waals surface area contributed by atoms with Gasteiger partial charge in [-0.05, 0) is 6.92 Å². The van der Waals surface area contributed by atoms with E-state index < -0.39 is 9.05 Å². The zero-order valence-corrected chi connectivity index (χ0v) is 11.6. The highest BCUT2D eigenvalue weighted by atomic mass is 35.7. The lowest BCUT2D eigenvalue weighted by molar-refractivity contribution is 0.580. The van der Waals surface area contributed by atoms with E-state index in [1.807, 2.05) is 20.8 Å². The summed E-state index contributed by atoms with van der Waals surface area (Å²) < 4.78 is 24.3. The number of aromatic nitrogens is 3. The summed E-state index contributed by atoms with van der Waals surface area (Å²) in [6, 6.07) is 0. The molecule has 1 rings (SSSR count). The normalized spacial score (nSPS) is 12.3. The molecule has 0 unspecified atom stereocenters. The quantitative estimate of drug-likeness (QED) is 0.747.